The molecule has 0 amide bonds. The Bertz CT molecular complexity index is 8.00. The van der Waals surface area contributed by atoms with Gasteiger partial charge < -0.3 is 0 Å². The van der Waals surface area contributed by atoms with Crippen molar-refractivity contribution >= 4 is 71.5 Å². The molecule has 0 atom stereocenters. The topological polar surface area (TPSA) is 0 Å². The molecule has 0 N–H and O–H groups in total. The van der Waals surface area contributed by atoms with E-state index in [-0.39, 0.29) is 41.3 Å². The summed E-state index contributed by atoms with van der Waals surface area (Å²) in [7, 11) is 4.13. The van der Waals surface area contributed by atoms with Gasteiger partial charge in [-0.05, 0) is 0 Å². The molecule has 0 aromatic carbocycles. The molecule has 0 aliphatic rings. The Hall–Kier alpha value is 2.37. The Labute approximate surface area is 70.4 Å². The van der Waals surface area contributed by atoms with E-state index in [0.717, 1.165) is 0 Å². The third kappa shape index (κ3) is 8.84. The fourth-order valence-corrected chi connectivity index (χ4v) is 0. The van der Waals surface area contributed by atoms with Crippen molar-refractivity contribution < 1.29 is 0 Å². The van der Waals surface area contributed by atoms with Crippen molar-refractivity contribution in [3.8, 4) is 0 Å². The van der Waals surface area contributed by atoms with Crippen LogP contribution in [0.5, 0.6) is 0 Å². The second-order valence-electron chi connectivity index (χ2n) is 0. The Morgan fingerprint density at radius 3 is 1.25 bits per heavy atom. The molecule has 27 valence electrons. The molecule has 1 radical (unpaired) electrons. The van der Waals surface area contributed by atoms with Crippen LogP contribution in [0.2, 0.25) is 0 Å². The van der Waals surface area contributed by atoms with Crippen LogP contribution in [0.15, 0.2) is 0 Å². The van der Waals surface area contributed by atoms with E-state index >= 15 is 0 Å². The molecule has 0 nitrogen and oxygen atoms in total. The van der Waals surface area contributed by atoms with Crippen LogP contribution in [-0.4, -0.2) is 62.3 Å². The maximum atomic E-state index is 4.13. The molecule has 0 fully saturated rings. The van der Waals surface area contributed by atoms with E-state index in [2.05, 4.69) is 9.19 Å². The Morgan fingerprint density at radius 2 is 1.25 bits per heavy atom. The van der Waals surface area contributed by atoms with Gasteiger partial charge in [0.25, 0.3) is 0 Å². The fraction of sp³-hybridized carbons (Fsp3) is 0. The molecule has 0 aliphatic carbocycles. The summed E-state index contributed by atoms with van der Waals surface area (Å²) in [4.78, 5) is 0. The van der Waals surface area contributed by atoms with Crippen molar-refractivity contribution in [2.75, 3.05) is 0 Å². The van der Waals surface area contributed by atoms with Gasteiger partial charge in [-0.1, -0.05) is 0 Å². The first-order valence-corrected chi connectivity index (χ1v) is 3.67. The summed E-state index contributed by atoms with van der Waals surface area (Å²) < 4.78 is 0. The Kier molecular flexibility index (Phi) is 73.8. The molecular formula is H6GeSSbTe. The predicted octanol–water partition coefficient (Wildman–Crippen LogP) is -2.10. The third-order valence-electron chi connectivity index (χ3n) is 0. The molecule has 0 saturated carbocycles. The van der Waals surface area contributed by atoms with Gasteiger partial charge in [0.2, 0.25) is 0 Å². The second kappa shape index (κ2) is 18.3. The molecule has 0 aliphatic heterocycles. The summed E-state index contributed by atoms with van der Waals surface area (Å²) >= 11 is 1.33. The second-order valence-corrected chi connectivity index (χ2v) is 0. The molecule has 0 saturated heterocycles. The van der Waals surface area contributed by atoms with E-state index in [9.17, 15) is 0 Å². The van der Waals surface area contributed by atoms with E-state index in [4.69, 9.17) is 0 Å². The first kappa shape index (κ1) is 16.2. The van der Waals surface area contributed by atoms with Crippen molar-refractivity contribution in [3.63, 3.8) is 0 Å². The number of rotatable bonds is 0. The quantitative estimate of drug-likeness (QED) is 0.446. The molecule has 0 aromatic rings. The van der Waals surface area contributed by atoms with E-state index in [1.807, 2.05) is 0 Å². The van der Waals surface area contributed by atoms with Crippen molar-refractivity contribution in [1.82, 2.24) is 0 Å². The molecule has 0 rings (SSSR count). The first-order chi connectivity index (χ1) is 1.00. The number of hydrogen-bond acceptors (Lipinski definition) is 1. The van der Waals surface area contributed by atoms with Gasteiger partial charge in [-0.2, -0.15) is 0 Å². The molecule has 0 unspecified atom stereocenters. The minimum absolute atomic E-state index is 0. The predicted molar refractivity (Wildman–Crippen MR) is 33.2 cm³/mol. The maximum absolute atomic E-state index is 4.13. The first-order valence-electron chi connectivity index (χ1n) is 0.183. The van der Waals surface area contributed by atoms with Crippen molar-refractivity contribution in [3.05, 3.63) is 0 Å². The van der Waals surface area contributed by atoms with Gasteiger partial charge in [0.05, 0.1) is 0 Å². The molecule has 0 bridgehead atoms. The van der Waals surface area contributed by atoms with Crippen LogP contribution in [0.3, 0.4) is 0 Å². The SMILES string of the molecule is [GeH4].[S]=[Sb].[TeH2]. The van der Waals surface area contributed by atoms with E-state index in [0.29, 0.717) is 0 Å². The summed E-state index contributed by atoms with van der Waals surface area (Å²) in [5, 5.41) is 0. The minimum atomic E-state index is 0. The van der Waals surface area contributed by atoms with Crippen molar-refractivity contribution in [1.29, 1.82) is 0 Å². The van der Waals surface area contributed by atoms with Crippen LogP contribution in [0, 0.1) is 0 Å². The zero-order valence-corrected chi connectivity index (χ0v) is 7.58. The van der Waals surface area contributed by atoms with Gasteiger partial charge in [0.1, 0.15) is 0 Å². The van der Waals surface area contributed by atoms with Gasteiger partial charge in [0.15, 0.2) is 0 Å². The summed E-state index contributed by atoms with van der Waals surface area (Å²) in [5.41, 5.74) is 0. The van der Waals surface area contributed by atoms with Crippen LogP contribution in [-0.2, 0) is 0 Å². The van der Waals surface area contributed by atoms with E-state index < -0.39 is 0 Å². The molecule has 0 aromatic heterocycles. The van der Waals surface area contributed by atoms with Crippen LogP contribution in [0.25, 0.3) is 0 Å². The third-order valence-corrected chi connectivity index (χ3v) is 0. The summed E-state index contributed by atoms with van der Waals surface area (Å²) in [6.07, 6.45) is 0. The van der Waals surface area contributed by atoms with Crippen molar-refractivity contribution in [2.45, 2.75) is 0 Å². The summed E-state index contributed by atoms with van der Waals surface area (Å²) in [5.74, 6) is 0. The van der Waals surface area contributed by atoms with Gasteiger partial charge in [0, 0.05) is 0 Å². The van der Waals surface area contributed by atoms with E-state index in [1.165, 1.54) is 21.1 Å². The standard InChI is InChI=1S/GeH4.S.Sb.H2Te/h1H4;;;1H2. The van der Waals surface area contributed by atoms with Crippen molar-refractivity contribution in [2.24, 2.45) is 0 Å². The van der Waals surface area contributed by atoms with Gasteiger partial charge >= 0.3 is 71.5 Å². The Morgan fingerprint density at radius 1 is 1.25 bits per heavy atom. The molecular weight excluding hydrogens is 354 g/mol. The average molecular weight is 360 g/mol. The molecule has 4 heteroatoms. The Balaban J connectivity index is -0.00000000500. The molecule has 4 heavy (non-hydrogen) atoms. The molecule has 0 heterocycles. The van der Waals surface area contributed by atoms with Gasteiger partial charge in [-0.25, -0.2) is 0 Å². The van der Waals surface area contributed by atoms with Gasteiger partial charge in [-0.3, -0.25) is 0 Å². The average Bonchev–Trinajstić information content (AvgIpc) is 1.00. The zero-order chi connectivity index (χ0) is 2.00. The fourth-order valence-electron chi connectivity index (χ4n) is 0. The normalized spacial score (nSPS) is 1.00. The van der Waals surface area contributed by atoms with Crippen LogP contribution >= 0.6 is 9.19 Å². The van der Waals surface area contributed by atoms with Crippen LogP contribution < -0.4 is 0 Å². The molecule has 0 spiro atoms. The van der Waals surface area contributed by atoms with E-state index in [1.54, 1.807) is 0 Å². The summed E-state index contributed by atoms with van der Waals surface area (Å²) in [6.45, 7) is 0. The summed E-state index contributed by atoms with van der Waals surface area (Å²) in [6, 6.07) is 0. The van der Waals surface area contributed by atoms with Gasteiger partial charge in [-0.15, -0.1) is 0 Å². The monoisotopic (exact) mass is 363 g/mol. The number of hydrogen-bond donors (Lipinski definition) is 0. The van der Waals surface area contributed by atoms with Crippen LogP contribution in [0.4, 0.5) is 0 Å². The zero-order valence-electron chi connectivity index (χ0n) is 1.36. The van der Waals surface area contributed by atoms with Crippen LogP contribution in [0.1, 0.15) is 0 Å².